The number of aromatic nitrogens is 1. The molecule has 0 unspecified atom stereocenters. The number of hydrogen-bond acceptors (Lipinski definition) is 7. The first-order valence-electron chi connectivity index (χ1n) is 7.01. The zero-order valence-corrected chi connectivity index (χ0v) is 15.5. The lowest BCUT2D eigenvalue weighted by atomic mass is 10.2. The molecule has 0 aliphatic carbocycles. The SMILES string of the molecule is COc1ccc(NC(=S)N/N=C(/C)c2c(C)nsc2N)cc1OC. The van der Waals surface area contributed by atoms with Crippen LogP contribution in [0.25, 0.3) is 0 Å². The number of benzene rings is 1. The van der Waals surface area contributed by atoms with Crippen molar-refractivity contribution in [2.24, 2.45) is 5.10 Å². The van der Waals surface area contributed by atoms with E-state index >= 15 is 0 Å². The van der Waals surface area contributed by atoms with Gasteiger partial charge in [-0.05, 0) is 49.7 Å². The lowest BCUT2D eigenvalue weighted by molar-refractivity contribution is 0.355. The number of rotatable bonds is 5. The van der Waals surface area contributed by atoms with Crippen LogP contribution in [0.1, 0.15) is 18.2 Å². The number of anilines is 2. The molecular formula is C15H19N5O2S2. The molecule has 0 atom stereocenters. The normalized spacial score (nSPS) is 11.1. The number of hydrogen-bond donors (Lipinski definition) is 3. The van der Waals surface area contributed by atoms with Crippen LogP contribution in [0.3, 0.4) is 0 Å². The quantitative estimate of drug-likeness (QED) is 0.426. The van der Waals surface area contributed by atoms with Gasteiger partial charge in [-0.3, -0.25) is 5.43 Å². The molecule has 4 N–H and O–H groups in total. The lowest BCUT2D eigenvalue weighted by Gasteiger charge is -2.11. The topological polar surface area (TPSA) is 93.8 Å². The van der Waals surface area contributed by atoms with Gasteiger partial charge in [-0.1, -0.05) is 0 Å². The van der Waals surface area contributed by atoms with Gasteiger partial charge in [0, 0.05) is 11.8 Å². The fourth-order valence-electron chi connectivity index (χ4n) is 2.09. The van der Waals surface area contributed by atoms with E-state index in [1.165, 1.54) is 11.5 Å². The van der Waals surface area contributed by atoms with Crippen molar-refractivity contribution in [1.82, 2.24) is 9.80 Å². The van der Waals surface area contributed by atoms with Gasteiger partial charge < -0.3 is 20.5 Å². The minimum Gasteiger partial charge on any atom is -0.493 e. The number of ether oxygens (including phenoxy) is 2. The van der Waals surface area contributed by atoms with Gasteiger partial charge in [0.2, 0.25) is 0 Å². The molecule has 1 heterocycles. The van der Waals surface area contributed by atoms with Crippen LogP contribution in [0.5, 0.6) is 11.5 Å². The van der Waals surface area contributed by atoms with Gasteiger partial charge in [-0.2, -0.15) is 9.47 Å². The molecular weight excluding hydrogens is 346 g/mol. The number of nitrogens with one attached hydrogen (secondary N) is 2. The Kier molecular flexibility index (Phi) is 5.93. The number of nitrogen functional groups attached to an aromatic ring is 1. The summed E-state index contributed by atoms with van der Waals surface area (Å²) in [4.78, 5) is 0. The van der Waals surface area contributed by atoms with Crippen LogP contribution < -0.4 is 25.9 Å². The first kappa shape index (κ1) is 18.0. The van der Waals surface area contributed by atoms with E-state index in [0.29, 0.717) is 21.6 Å². The van der Waals surface area contributed by atoms with E-state index in [9.17, 15) is 0 Å². The number of nitrogens with two attached hydrogens (primary N) is 1. The summed E-state index contributed by atoms with van der Waals surface area (Å²) in [7, 11) is 3.16. The highest BCUT2D eigenvalue weighted by Gasteiger charge is 2.11. The Morgan fingerprint density at radius 2 is 2.00 bits per heavy atom. The summed E-state index contributed by atoms with van der Waals surface area (Å²) in [6.45, 7) is 3.74. The maximum Gasteiger partial charge on any atom is 0.191 e. The second-order valence-corrected chi connectivity index (χ2v) is 6.05. The first-order chi connectivity index (χ1) is 11.5. The molecule has 128 valence electrons. The summed E-state index contributed by atoms with van der Waals surface area (Å²) < 4.78 is 14.7. The van der Waals surface area contributed by atoms with Crippen molar-refractivity contribution in [3.8, 4) is 11.5 Å². The van der Waals surface area contributed by atoms with E-state index in [1.54, 1.807) is 26.4 Å². The Hall–Kier alpha value is -2.39. The van der Waals surface area contributed by atoms with Gasteiger partial charge in [0.15, 0.2) is 16.6 Å². The molecule has 0 saturated heterocycles. The average molecular weight is 365 g/mol. The minimum absolute atomic E-state index is 0.348. The summed E-state index contributed by atoms with van der Waals surface area (Å²) in [5.74, 6) is 1.25. The second-order valence-electron chi connectivity index (χ2n) is 4.84. The molecule has 0 spiro atoms. The summed E-state index contributed by atoms with van der Waals surface area (Å²) in [6.07, 6.45) is 0. The highest BCUT2D eigenvalue weighted by Crippen LogP contribution is 2.29. The number of aryl methyl sites for hydroxylation is 1. The molecule has 2 aromatic rings. The predicted molar refractivity (Wildman–Crippen MR) is 102 cm³/mol. The van der Waals surface area contributed by atoms with Gasteiger partial charge in [-0.25, -0.2) is 0 Å². The van der Waals surface area contributed by atoms with Crippen LogP contribution in [0.15, 0.2) is 23.3 Å². The van der Waals surface area contributed by atoms with E-state index in [0.717, 1.165) is 22.7 Å². The Morgan fingerprint density at radius 3 is 2.58 bits per heavy atom. The highest BCUT2D eigenvalue weighted by atomic mass is 32.1. The summed E-state index contributed by atoms with van der Waals surface area (Å²) in [6, 6.07) is 5.41. The minimum atomic E-state index is 0.348. The van der Waals surface area contributed by atoms with E-state index in [4.69, 9.17) is 27.4 Å². The molecule has 1 aromatic heterocycles. The Balaban J connectivity index is 2.05. The van der Waals surface area contributed by atoms with Gasteiger partial charge in [0.25, 0.3) is 0 Å². The molecule has 0 saturated carbocycles. The molecule has 24 heavy (non-hydrogen) atoms. The monoisotopic (exact) mass is 365 g/mol. The molecule has 0 aliphatic heterocycles. The first-order valence-corrected chi connectivity index (χ1v) is 8.19. The van der Waals surface area contributed by atoms with Crippen LogP contribution in [0.2, 0.25) is 0 Å². The summed E-state index contributed by atoms with van der Waals surface area (Å²) in [5, 5.41) is 8.27. The Morgan fingerprint density at radius 1 is 1.29 bits per heavy atom. The van der Waals surface area contributed by atoms with E-state index in [-0.39, 0.29) is 0 Å². The van der Waals surface area contributed by atoms with Crippen molar-refractivity contribution in [2.45, 2.75) is 13.8 Å². The maximum absolute atomic E-state index is 5.90. The van der Waals surface area contributed by atoms with Crippen molar-refractivity contribution in [1.29, 1.82) is 0 Å². The number of methoxy groups -OCH3 is 2. The molecule has 7 nitrogen and oxygen atoms in total. The van der Waals surface area contributed by atoms with Crippen LogP contribution in [-0.2, 0) is 0 Å². The standard InChI is InChI=1S/C15H19N5O2S2/c1-8(13-9(2)20-24-14(13)16)18-19-15(23)17-10-5-6-11(21-3)12(7-10)22-4/h5-7H,16H2,1-4H3,(H2,17,19,23)/b18-8-. The Bertz CT molecular complexity index is 754. The molecule has 9 heteroatoms. The van der Waals surface area contributed by atoms with Crippen molar-refractivity contribution in [3.05, 3.63) is 29.5 Å². The van der Waals surface area contributed by atoms with Crippen LogP contribution >= 0.6 is 23.8 Å². The molecule has 0 fully saturated rings. The Labute approximate surface area is 150 Å². The van der Waals surface area contributed by atoms with Gasteiger partial charge in [0.1, 0.15) is 5.00 Å². The number of hydrazone groups is 1. The third-order valence-electron chi connectivity index (χ3n) is 3.22. The van der Waals surface area contributed by atoms with Gasteiger partial charge >= 0.3 is 0 Å². The van der Waals surface area contributed by atoms with Crippen molar-refractivity contribution in [2.75, 3.05) is 25.3 Å². The molecule has 0 aliphatic rings. The second kappa shape index (κ2) is 7.93. The lowest BCUT2D eigenvalue weighted by Crippen LogP contribution is -2.25. The zero-order chi connectivity index (χ0) is 17.7. The van der Waals surface area contributed by atoms with Gasteiger partial charge in [0.05, 0.1) is 31.2 Å². The summed E-state index contributed by atoms with van der Waals surface area (Å²) >= 11 is 6.49. The molecule has 0 radical (unpaired) electrons. The zero-order valence-electron chi connectivity index (χ0n) is 13.8. The van der Waals surface area contributed by atoms with E-state index < -0.39 is 0 Å². The largest absolute Gasteiger partial charge is 0.493 e. The average Bonchev–Trinajstić information content (AvgIpc) is 2.91. The van der Waals surface area contributed by atoms with E-state index in [2.05, 4.69) is 20.2 Å². The fraction of sp³-hybridized carbons (Fsp3) is 0.267. The number of nitrogens with zero attached hydrogens (tertiary/aromatic N) is 2. The summed E-state index contributed by atoms with van der Waals surface area (Å²) in [5.41, 5.74) is 11.9. The van der Waals surface area contributed by atoms with Crippen molar-refractivity contribution in [3.63, 3.8) is 0 Å². The number of thiocarbonyl (C=S) groups is 1. The fourth-order valence-corrected chi connectivity index (χ4v) is 2.97. The highest BCUT2D eigenvalue weighted by molar-refractivity contribution is 7.80. The third-order valence-corrected chi connectivity index (χ3v) is 4.18. The third kappa shape index (κ3) is 4.12. The molecule has 2 rings (SSSR count). The maximum atomic E-state index is 5.90. The van der Waals surface area contributed by atoms with Crippen molar-refractivity contribution >= 4 is 45.3 Å². The molecule has 0 amide bonds. The predicted octanol–water partition coefficient (Wildman–Crippen LogP) is 2.76. The van der Waals surface area contributed by atoms with Gasteiger partial charge in [-0.15, -0.1) is 0 Å². The van der Waals surface area contributed by atoms with Crippen molar-refractivity contribution < 1.29 is 9.47 Å². The van der Waals surface area contributed by atoms with Crippen LogP contribution in [0.4, 0.5) is 10.7 Å². The molecule has 0 bridgehead atoms. The molecule has 1 aromatic carbocycles. The van der Waals surface area contributed by atoms with Crippen LogP contribution in [-0.4, -0.2) is 29.4 Å². The van der Waals surface area contributed by atoms with Crippen LogP contribution in [0, 0.1) is 6.92 Å². The van der Waals surface area contributed by atoms with E-state index in [1.807, 2.05) is 19.9 Å². The smallest absolute Gasteiger partial charge is 0.191 e.